The van der Waals surface area contributed by atoms with Gasteiger partial charge in [0.25, 0.3) is 11.6 Å². The van der Waals surface area contributed by atoms with E-state index in [-0.39, 0.29) is 17.3 Å². The van der Waals surface area contributed by atoms with Gasteiger partial charge in [-0.3, -0.25) is 14.9 Å². The Bertz CT molecular complexity index is 553. The maximum Gasteiger partial charge on any atom is 0.282 e. The van der Waals surface area contributed by atoms with Crippen LogP contribution in [0.3, 0.4) is 0 Å². The first-order chi connectivity index (χ1) is 10.0. The molecule has 1 aromatic rings. The van der Waals surface area contributed by atoms with Crippen LogP contribution < -0.4 is 5.32 Å². The lowest BCUT2D eigenvalue weighted by molar-refractivity contribution is -0.385. The van der Waals surface area contributed by atoms with E-state index in [1.54, 1.807) is 0 Å². The second-order valence-corrected chi connectivity index (χ2v) is 6.56. The normalized spacial score (nSPS) is 21.2. The Balaban J connectivity index is 2.07. The van der Waals surface area contributed by atoms with Crippen LogP contribution in [0.2, 0.25) is 0 Å². The highest BCUT2D eigenvalue weighted by Gasteiger charge is 2.28. The number of thioether (sulfide) groups is 1. The average Bonchev–Trinajstić information content (AvgIpc) is 2.86. The van der Waals surface area contributed by atoms with Crippen LogP contribution in [-0.4, -0.2) is 27.9 Å². The topological polar surface area (TPSA) is 72.2 Å². The van der Waals surface area contributed by atoms with Crippen LogP contribution in [0.1, 0.15) is 36.5 Å². The predicted molar refractivity (Wildman–Crippen MR) is 80.1 cm³/mol. The number of rotatable bonds is 5. The number of carbonyl (C=O) groups is 1. The van der Waals surface area contributed by atoms with Crippen molar-refractivity contribution < 1.29 is 14.1 Å². The van der Waals surface area contributed by atoms with E-state index >= 15 is 0 Å². The van der Waals surface area contributed by atoms with E-state index in [0.29, 0.717) is 5.25 Å². The smallest absolute Gasteiger partial charge is 0.282 e. The summed E-state index contributed by atoms with van der Waals surface area (Å²) < 4.78 is 13.2. The summed E-state index contributed by atoms with van der Waals surface area (Å²) in [6, 6.07) is 2.93. The van der Waals surface area contributed by atoms with Crippen LogP contribution in [0.15, 0.2) is 18.2 Å². The fraction of sp³-hybridized carbons (Fsp3) is 0.500. The van der Waals surface area contributed by atoms with E-state index in [9.17, 15) is 19.3 Å². The number of halogens is 1. The Morgan fingerprint density at radius 3 is 2.95 bits per heavy atom. The second kappa shape index (κ2) is 6.89. The third-order valence-electron chi connectivity index (χ3n) is 3.52. The molecule has 0 aromatic heterocycles. The lowest BCUT2D eigenvalue weighted by Gasteiger charge is -2.13. The Kier molecular flexibility index (Phi) is 5.17. The lowest BCUT2D eigenvalue weighted by atomic mass is 10.1. The summed E-state index contributed by atoms with van der Waals surface area (Å²) in [7, 11) is 0. The number of nitro groups is 1. The number of nitrogens with zero attached hydrogens (tertiary/aromatic N) is 1. The zero-order chi connectivity index (χ0) is 15.4. The summed E-state index contributed by atoms with van der Waals surface area (Å²) in [5.41, 5.74) is -0.585. The summed E-state index contributed by atoms with van der Waals surface area (Å²) in [6.07, 6.45) is 2.73. The van der Waals surface area contributed by atoms with E-state index in [1.807, 2.05) is 11.8 Å². The molecule has 0 radical (unpaired) electrons. The summed E-state index contributed by atoms with van der Waals surface area (Å²) in [6.45, 7) is 2.09. The Labute approximate surface area is 126 Å². The van der Waals surface area contributed by atoms with E-state index in [1.165, 1.54) is 0 Å². The molecule has 1 aliphatic rings. The molecule has 0 aliphatic heterocycles. The molecule has 1 amide bonds. The molecular weight excluding hydrogens is 295 g/mol. The van der Waals surface area contributed by atoms with Gasteiger partial charge in [-0.25, -0.2) is 4.39 Å². The van der Waals surface area contributed by atoms with Crippen LogP contribution >= 0.6 is 11.8 Å². The van der Waals surface area contributed by atoms with Gasteiger partial charge in [-0.15, -0.1) is 0 Å². The fourth-order valence-corrected chi connectivity index (χ4v) is 3.71. The van der Waals surface area contributed by atoms with E-state index < -0.39 is 16.6 Å². The number of nitro benzene ring substituents is 1. The lowest BCUT2D eigenvalue weighted by Crippen LogP contribution is -2.33. The van der Waals surface area contributed by atoms with Gasteiger partial charge in [-0.2, -0.15) is 11.8 Å². The van der Waals surface area contributed by atoms with Crippen molar-refractivity contribution in [3.63, 3.8) is 0 Å². The van der Waals surface area contributed by atoms with Crippen molar-refractivity contribution in [2.24, 2.45) is 0 Å². The van der Waals surface area contributed by atoms with Crippen LogP contribution in [0, 0.1) is 15.9 Å². The molecule has 0 bridgehead atoms. The van der Waals surface area contributed by atoms with Gasteiger partial charge in [0.2, 0.25) is 0 Å². The summed E-state index contributed by atoms with van der Waals surface area (Å²) in [4.78, 5) is 22.4. The molecule has 1 fully saturated rings. The predicted octanol–water partition coefficient (Wildman–Crippen LogP) is 3.14. The highest BCUT2D eigenvalue weighted by molar-refractivity contribution is 7.99. The van der Waals surface area contributed by atoms with Crippen molar-refractivity contribution >= 4 is 23.4 Å². The van der Waals surface area contributed by atoms with E-state index in [0.717, 1.165) is 43.2 Å². The minimum atomic E-state index is -0.668. The first-order valence-electron chi connectivity index (χ1n) is 6.87. The minimum Gasteiger partial charge on any atom is -0.349 e. The van der Waals surface area contributed by atoms with Crippen molar-refractivity contribution in [1.29, 1.82) is 0 Å². The summed E-state index contributed by atoms with van der Waals surface area (Å²) >= 11 is 1.86. The quantitative estimate of drug-likeness (QED) is 0.669. The number of nitrogens with one attached hydrogen (secondary N) is 1. The van der Waals surface area contributed by atoms with Crippen molar-refractivity contribution in [2.45, 2.75) is 37.5 Å². The van der Waals surface area contributed by atoms with Gasteiger partial charge in [0.1, 0.15) is 11.4 Å². The zero-order valence-corrected chi connectivity index (χ0v) is 12.5. The molecule has 1 aliphatic carbocycles. The second-order valence-electron chi connectivity index (χ2n) is 4.98. The molecule has 1 saturated carbocycles. The van der Waals surface area contributed by atoms with Crippen molar-refractivity contribution in [2.75, 3.05) is 5.75 Å². The zero-order valence-electron chi connectivity index (χ0n) is 11.7. The third-order valence-corrected chi connectivity index (χ3v) is 4.75. The molecule has 0 heterocycles. The molecule has 2 atom stereocenters. The van der Waals surface area contributed by atoms with E-state index in [4.69, 9.17) is 0 Å². The maximum absolute atomic E-state index is 13.2. The molecule has 1 aromatic carbocycles. The maximum atomic E-state index is 13.2. The molecule has 5 nitrogen and oxygen atoms in total. The largest absolute Gasteiger partial charge is 0.349 e. The molecule has 21 heavy (non-hydrogen) atoms. The monoisotopic (exact) mass is 312 g/mol. The van der Waals surface area contributed by atoms with Crippen LogP contribution in [-0.2, 0) is 0 Å². The first kappa shape index (κ1) is 15.8. The van der Waals surface area contributed by atoms with Gasteiger partial charge in [0.15, 0.2) is 0 Å². The van der Waals surface area contributed by atoms with Crippen LogP contribution in [0.5, 0.6) is 0 Å². The molecule has 0 spiro atoms. The SMILES string of the molecule is CCSC1CCC(NC(=O)c2cc(F)ccc2[N+](=O)[O-])C1. The van der Waals surface area contributed by atoms with Crippen LogP contribution in [0.4, 0.5) is 10.1 Å². The number of hydrogen-bond donors (Lipinski definition) is 1. The molecule has 2 unspecified atom stereocenters. The Morgan fingerprint density at radius 2 is 2.29 bits per heavy atom. The molecule has 0 saturated heterocycles. The van der Waals surface area contributed by atoms with Gasteiger partial charge in [0, 0.05) is 17.4 Å². The molecule has 1 N–H and O–H groups in total. The number of benzene rings is 1. The molecule has 7 heteroatoms. The van der Waals surface area contributed by atoms with Crippen LogP contribution in [0.25, 0.3) is 0 Å². The van der Waals surface area contributed by atoms with Gasteiger partial charge >= 0.3 is 0 Å². The van der Waals surface area contributed by atoms with Gasteiger partial charge in [-0.05, 0) is 37.1 Å². The van der Waals surface area contributed by atoms with Crippen molar-refractivity contribution in [3.05, 3.63) is 39.7 Å². The van der Waals surface area contributed by atoms with Gasteiger partial charge in [-0.1, -0.05) is 6.92 Å². The highest BCUT2D eigenvalue weighted by Crippen LogP contribution is 2.30. The molecular formula is C14H17FN2O3S. The first-order valence-corrected chi connectivity index (χ1v) is 7.92. The highest BCUT2D eigenvalue weighted by atomic mass is 32.2. The van der Waals surface area contributed by atoms with E-state index in [2.05, 4.69) is 12.2 Å². The molecule has 2 rings (SSSR count). The number of hydrogen-bond acceptors (Lipinski definition) is 4. The summed E-state index contributed by atoms with van der Waals surface area (Å²) in [5, 5.41) is 14.2. The number of carbonyl (C=O) groups excluding carboxylic acids is 1. The van der Waals surface area contributed by atoms with Gasteiger partial charge in [0.05, 0.1) is 4.92 Å². The standard InChI is InChI=1S/C14H17FN2O3S/c1-2-21-11-5-4-10(8-11)16-14(18)12-7-9(15)3-6-13(12)17(19)20/h3,6-7,10-11H,2,4-5,8H2,1H3,(H,16,18). The third kappa shape index (κ3) is 3.93. The Hall–Kier alpha value is -1.63. The fourth-order valence-electron chi connectivity index (χ4n) is 2.57. The van der Waals surface area contributed by atoms with Crippen molar-refractivity contribution in [1.82, 2.24) is 5.32 Å². The summed E-state index contributed by atoms with van der Waals surface area (Å²) in [5.74, 6) is -0.203. The van der Waals surface area contributed by atoms with Gasteiger partial charge < -0.3 is 5.32 Å². The number of amides is 1. The Morgan fingerprint density at radius 1 is 1.52 bits per heavy atom. The average molecular weight is 312 g/mol. The minimum absolute atomic E-state index is 0.00409. The van der Waals surface area contributed by atoms with Crippen molar-refractivity contribution in [3.8, 4) is 0 Å². The molecule has 114 valence electrons.